The Balaban J connectivity index is 2.07. The van der Waals surface area contributed by atoms with Crippen LogP contribution in [0.15, 0.2) is 18.2 Å². The van der Waals surface area contributed by atoms with Gasteiger partial charge in [0.25, 0.3) is 0 Å². The van der Waals surface area contributed by atoms with Crippen LogP contribution in [0.5, 0.6) is 11.5 Å². The predicted molar refractivity (Wildman–Crippen MR) is 67.0 cm³/mol. The normalized spacial score (nSPS) is 23.6. The highest BCUT2D eigenvalue weighted by molar-refractivity contribution is 5.70. The number of methoxy groups -OCH3 is 1. The molecule has 1 saturated carbocycles. The van der Waals surface area contributed by atoms with Crippen molar-refractivity contribution in [1.82, 2.24) is 0 Å². The SMILES string of the molecule is COc1cc(C2CCC(C(=O)O)CC2)ccc1O. The van der Waals surface area contributed by atoms with Crippen LogP contribution in [0.25, 0.3) is 0 Å². The van der Waals surface area contributed by atoms with Gasteiger partial charge in [0.1, 0.15) is 0 Å². The van der Waals surface area contributed by atoms with Crippen molar-refractivity contribution < 1.29 is 19.7 Å². The molecule has 0 heterocycles. The Morgan fingerprint density at radius 3 is 2.50 bits per heavy atom. The molecular weight excluding hydrogens is 232 g/mol. The van der Waals surface area contributed by atoms with Crippen molar-refractivity contribution in [1.29, 1.82) is 0 Å². The van der Waals surface area contributed by atoms with Crippen LogP contribution in [0, 0.1) is 5.92 Å². The molecule has 1 aromatic rings. The summed E-state index contributed by atoms with van der Waals surface area (Å²) in [5.74, 6) is 0.112. The molecule has 1 aliphatic rings. The maximum absolute atomic E-state index is 10.9. The van der Waals surface area contributed by atoms with E-state index in [0.717, 1.165) is 31.2 Å². The number of hydrogen-bond acceptors (Lipinski definition) is 3. The number of carboxylic acids is 1. The van der Waals surface area contributed by atoms with Crippen LogP contribution in [-0.2, 0) is 4.79 Å². The fraction of sp³-hybridized carbons (Fsp3) is 0.500. The average Bonchev–Trinajstić information content (AvgIpc) is 2.39. The molecule has 0 saturated heterocycles. The number of ether oxygens (including phenoxy) is 1. The highest BCUT2D eigenvalue weighted by atomic mass is 16.5. The van der Waals surface area contributed by atoms with Gasteiger partial charge >= 0.3 is 5.97 Å². The van der Waals surface area contributed by atoms with Gasteiger partial charge < -0.3 is 14.9 Å². The molecule has 4 nitrogen and oxygen atoms in total. The van der Waals surface area contributed by atoms with Gasteiger partial charge in [-0.05, 0) is 49.3 Å². The van der Waals surface area contributed by atoms with Crippen molar-refractivity contribution in [3.63, 3.8) is 0 Å². The lowest BCUT2D eigenvalue weighted by Gasteiger charge is -2.26. The van der Waals surface area contributed by atoms with Crippen molar-refractivity contribution in [3.05, 3.63) is 23.8 Å². The molecule has 0 spiro atoms. The average molecular weight is 250 g/mol. The summed E-state index contributed by atoms with van der Waals surface area (Å²) in [6.45, 7) is 0. The van der Waals surface area contributed by atoms with Crippen LogP contribution < -0.4 is 4.74 Å². The molecule has 2 N–H and O–H groups in total. The largest absolute Gasteiger partial charge is 0.504 e. The maximum Gasteiger partial charge on any atom is 0.306 e. The molecule has 98 valence electrons. The molecule has 2 rings (SSSR count). The number of rotatable bonds is 3. The lowest BCUT2D eigenvalue weighted by Crippen LogP contribution is -2.20. The van der Waals surface area contributed by atoms with Crippen LogP contribution >= 0.6 is 0 Å². The van der Waals surface area contributed by atoms with Crippen LogP contribution in [0.1, 0.15) is 37.2 Å². The maximum atomic E-state index is 10.9. The Labute approximate surface area is 106 Å². The number of phenolic OH excluding ortho intramolecular Hbond substituents is 1. The van der Waals surface area contributed by atoms with Gasteiger partial charge in [0.2, 0.25) is 0 Å². The fourth-order valence-corrected chi connectivity index (χ4v) is 2.62. The zero-order valence-electron chi connectivity index (χ0n) is 10.4. The second-order valence-electron chi connectivity index (χ2n) is 4.82. The summed E-state index contributed by atoms with van der Waals surface area (Å²) in [5.41, 5.74) is 1.12. The van der Waals surface area contributed by atoms with Gasteiger partial charge in [0.15, 0.2) is 11.5 Å². The van der Waals surface area contributed by atoms with Gasteiger partial charge in [0, 0.05) is 0 Å². The summed E-state index contributed by atoms with van der Waals surface area (Å²) in [4.78, 5) is 10.9. The summed E-state index contributed by atoms with van der Waals surface area (Å²) in [5, 5.41) is 18.5. The molecule has 0 unspecified atom stereocenters. The Morgan fingerprint density at radius 1 is 1.28 bits per heavy atom. The lowest BCUT2D eigenvalue weighted by molar-refractivity contribution is -0.142. The molecule has 1 aliphatic carbocycles. The molecular formula is C14H18O4. The second-order valence-corrected chi connectivity index (χ2v) is 4.82. The summed E-state index contributed by atoms with van der Waals surface area (Å²) in [6.07, 6.45) is 3.21. The summed E-state index contributed by atoms with van der Waals surface area (Å²) in [6, 6.07) is 5.38. The van der Waals surface area contributed by atoms with E-state index in [1.807, 2.05) is 12.1 Å². The summed E-state index contributed by atoms with van der Waals surface area (Å²) in [7, 11) is 1.53. The first kappa shape index (κ1) is 12.7. The van der Waals surface area contributed by atoms with E-state index in [1.165, 1.54) is 7.11 Å². The van der Waals surface area contributed by atoms with Gasteiger partial charge in [-0.2, -0.15) is 0 Å². The third-order valence-corrected chi connectivity index (χ3v) is 3.75. The summed E-state index contributed by atoms with van der Waals surface area (Å²) >= 11 is 0. The molecule has 0 aliphatic heterocycles. The van der Waals surface area contributed by atoms with Gasteiger partial charge in [-0.1, -0.05) is 6.07 Å². The molecule has 1 aromatic carbocycles. The van der Waals surface area contributed by atoms with E-state index in [9.17, 15) is 9.90 Å². The number of aromatic hydroxyl groups is 1. The Hall–Kier alpha value is -1.71. The predicted octanol–water partition coefficient (Wildman–Crippen LogP) is 2.76. The number of aliphatic carboxylic acids is 1. The number of carbonyl (C=O) groups is 1. The monoisotopic (exact) mass is 250 g/mol. The topological polar surface area (TPSA) is 66.8 Å². The number of benzene rings is 1. The number of phenols is 1. The fourth-order valence-electron chi connectivity index (χ4n) is 2.62. The van der Waals surface area contributed by atoms with E-state index >= 15 is 0 Å². The Bertz CT molecular complexity index is 433. The van der Waals surface area contributed by atoms with Gasteiger partial charge in [-0.15, -0.1) is 0 Å². The molecule has 1 fully saturated rings. The molecule has 0 bridgehead atoms. The number of hydrogen-bond donors (Lipinski definition) is 2. The standard InChI is InChI=1S/C14H18O4/c1-18-13-8-11(6-7-12(13)15)9-2-4-10(5-3-9)14(16)17/h6-10,15H,2-5H2,1H3,(H,16,17). The first-order valence-electron chi connectivity index (χ1n) is 6.21. The third kappa shape index (κ3) is 2.58. The highest BCUT2D eigenvalue weighted by Crippen LogP contribution is 2.38. The minimum atomic E-state index is -0.684. The molecule has 0 aromatic heterocycles. The first-order valence-corrected chi connectivity index (χ1v) is 6.21. The van der Waals surface area contributed by atoms with Gasteiger partial charge in [-0.25, -0.2) is 0 Å². The first-order chi connectivity index (χ1) is 8.61. The minimum Gasteiger partial charge on any atom is -0.504 e. The molecule has 0 amide bonds. The smallest absolute Gasteiger partial charge is 0.306 e. The highest BCUT2D eigenvalue weighted by Gasteiger charge is 2.27. The van der Waals surface area contributed by atoms with Crippen molar-refractivity contribution in [2.75, 3.05) is 7.11 Å². The van der Waals surface area contributed by atoms with E-state index in [4.69, 9.17) is 9.84 Å². The van der Waals surface area contributed by atoms with Crippen molar-refractivity contribution >= 4 is 5.97 Å². The Morgan fingerprint density at radius 2 is 1.94 bits per heavy atom. The number of carboxylic acid groups (broad SMARTS) is 1. The third-order valence-electron chi connectivity index (χ3n) is 3.75. The Kier molecular flexibility index (Phi) is 3.75. The minimum absolute atomic E-state index is 0.139. The van der Waals surface area contributed by atoms with E-state index in [2.05, 4.69) is 0 Å². The van der Waals surface area contributed by atoms with Crippen LogP contribution in [0.4, 0.5) is 0 Å². The summed E-state index contributed by atoms with van der Waals surface area (Å²) < 4.78 is 5.09. The van der Waals surface area contributed by atoms with Crippen molar-refractivity contribution in [2.45, 2.75) is 31.6 Å². The van der Waals surface area contributed by atoms with E-state index in [0.29, 0.717) is 11.7 Å². The molecule has 4 heteroatoms. The van der Waals surface area contributed by atoms with Crippen LogP contribution in [0.3, 0.4) is 0 Å². The van der Waals surface area contributed by atoms with Gasteiger partial charge in [0.05, 0.1) is 13.0 Å². The zero-order valence-corrected chi connectivity index (χ0v) is 10.4. The lowest BCUT2D eigenvalue weighted by atomic mass is 9.79. The molecule has 0 radical (unpaired) electrons. The van der Waals surface area contributed by atoms with E-state index < -0.39 is 5.97 Å². The van der Waals surface area contributed by atoms with Crippen molar-refractivity contribution in [3.8, 4) is 11.5 Å². The second kappa shape index (κ2) is 5.29. The van der Waals surface area contributed by atoms with Crippen LogP contribution in [0.2, 0.25) is 0 Å². The molecule has 0 atom stereocenters. The zero-order chi connectivity index (χ0) is 13.1. The molecule has 18 heavy (non-hydrogen) atoms. The quantitative estimate of drug-likeness (QED) is 0.865. The van der Waals surface area contributed by atoms with Crippen LogP contribution in [-0.4, -0.2) is 23.3 Å². The van der Waals surface area contributed by atoms with E-state index in [1.54, 1.807) is 6.07 Å². The van der Waals surface area contributed by atoms with Crippen molar-refractivity contribution in [2.24, 2.45) is 5.92 Å². The van der Waals surface area contributed by atoms with Gasteiger partial charge in [-0.3, -0.25) is 4.79 Å². The van der Waals surface area contributed by atoms with E-state index in [-0.39, 0.29) is 11.7 Å².